The molecule has 0 radical (unpaired) electrons. The molecule has 6 heteroatoms. The predicted molar refractivity (Wildman–Crippen MR) is 76.5 cm³/mol. The number of amides is 1. The molecule has 0 atom stereocenters. The number of carbonyl (C=O) groups is 1. The zero-order valence-corrected chi connectivity index (χ0v) is 11.5. The Kier molecular flexibility index (Phi) is 4.42. The number of pyridine rings is 1. The molecule has 0 aliphatic rings. The fourth-order valence-electron chi connectivity index (χ4n) is 1.54. The van der Waals surface area contributed by atoms with Gasteiger partial charge in [-0.15, -0.1) is 0 Å². The summed E-state index contributed by atoms with van der Waals surface area (Å²) in [6.45, 7) is 2.40. The van der Waals surface area contributed by atoms with Gasteiger partial charge in [-0.25, -0.2) is 4.98 Å². The number of nitrogens with one attached hydrogen (secondary N) is 1. The number of phenolic OH excluding ortho intramolecular Hbond substituents is 1. The fourth-order valence-corrected chi connectivity index (χ4v) is 1.72. The highest BCUT2D eigenvalue weighted by atomic mass is 35.5. The summed E-state index contributed by atoms with van der Waals surface area (Å²) in [5.41, 5.74) is 0.893. The average molecular weight is 293 g/mol. The second-order valence-electron chi connectivity index (χ2n) is 3.94. The van der Waals surface area contributed by atoms with Gasteiger partial charge in [-0.1, -0.05) is 11.6 Å². The number of benzene rings is 1. The van der Waals surface area contributed by atoms with E-state index in [1.807, 2.05) is 6.92 Å². The smallest absolute Gasteiger partial charge is 0.255 e. The van der Waals surface area contributed by atoms with Crippen LogP contribution in [0.15, 0.2) is 36.5 Å². The minimum atomic E-state index is -0.335. The second kappa shape index (κ2) is 6.25. The van der Waals surface area contributed by atoms with Gasteiger partial charge in [0.25, 0.3) is 5.91 Å². The standard InChI is InChI=1S/C14H13ClN2O3/c1-2-20-13-6-4-10(8-16-13)17-14(19)9-3-5-12(18)11(15)7-9/h3-8,18H,2H2,1H3,(H,17,19). The molecule has 0 bridgehead atoms. The van der Waals surface area contributed by atoms with Crippen LogP contribution >= 0.6 is 11.6 Å². The van der Waals surface area contributed by atoms with Crippen LogP contribution in [-0.4, -0.2) is 22.6 Å². The van der Waals surface area contributed by atoms with Crippen molar-refractivity contribution in [1.29, 1.82) is 0 Å². The van der Waals surface area contributed by atoms with E-state index in [2.05, 4.69) is 10.3 Å². The van der Waals surface area contributed by atoms with Gasteiger partial charge in [-0.3, -0.25) is 4.79 Å². The Labute approximate surface area is 121 Å². The number of phenols is 1. The second-order valence-corrected chi connectivity index (χ2v) is 4.35. The molecule has 0 fully saturated rings. The van der Waals surface area contributed by atoms with Crippen LogP contribution in [0.2, 0.25) is 5.02 Å². The molecule has 20 heavy (non-hydrogen) atoms. The van der Waals surface area contributed by atoms with E-state index in [1.54, 1.807) is 12.1 Å². The number of carbonyl (C=O) groups excluding carboxylic acids is 1. The van der Waals surface area contributed by atoms with Crippen LogP contribution in [-0.2, 0) is 0 Å². The van der Waals surface area contributed by atoms with Crippen molar-refractivity contribution in [2.75, 3.05) is 11.9 Å². The number of ether oxygens (including phenoxy) is 1. The van der Waals surface area contributed by atoms with Crippen molar-refractivity contribution >= 4 is 23.2 Å². The minimum Gasteiger partial charge on any atom is -0.506 e. The first-order valence-corrected chi connectivity index (χ1v) is 6.36. The van der Waals surface area contributed by atoms with E-state index in [0.29, 0.717) is 23.7 Å². The van der Waals surface area contributed by atoms with Gasteiger partial charge >= 0.3 is 0 Å². The molecule has 2 N–H and O–H groups in total. The molecule has 1 heterocycles. The number of hydrogen-bond acceptors (Lipinski definition) is 4. The van der Waals surface area contributed by atoms with Crippen molar-refractivity contribution in [3.8, 4) is 11.6 Å². The van der Waals surface area contributed by atoms with Gasteiger partial charge in [0.2, 0.25) is 5.88 Å². The third-order valence-corrected chi connectivity index (χ3v) is 2.80. The molecule has 0 aliphatic carbocycles. The largest absolute Gasteiger partial charge is 0.506 e. The molecule has 5 nitrogen and oxygen atoms in total. The minimum absolute atomic E-state index is 0.0639. The topological polar surface area (TPSA) is 71.5 Å². The number of aromatic hydroxyl groups is 1. The lowest BCUT2D eigenvalue weighted by molar-refractivity contribution is 0.102. The lowest BCUT2D eigenvalue weighted by Crippen LogP contribution is -2.12. The van der Waals surface area contributed by atoms with Gasteiger partial charge in [-0.05, 0) is 31.2 Å². The van der Waals surface area contributed by atoms with Crippen LogP contribution in [0.1, 0.15) is 17.3 Å². The Balaban J connectivity index is 2.08. The summed E-state index contributed by atoms with van der Waals surface area (Å²) in [6.07, 6.45) is 1.50. The number of hydrogen-bond donors (Lipinski definition) is 2. The summed E-state index contributed by atoms with van der Waals surface area (Å²) in [6, 6.07) is 7.61. The van der Waals surface area contributed by atoms with E-state index >= 15 is 0 Å². The summed E-state index contributed by atoms with van der Waals surface area (Å²) in [7, 11) is 0. The van der Waals surface area contributed by atoms with Gasteiger partial charge in [0, 0.05) is 11.6 Å². The first-order chi connectivity index (χ1) is 9.60. The number of rotatable bonds is 4. The van der Waals surface area contributed by atoms with Gasteiger partial charge in [0.1, 0.15) is 5.75 Å². The maximum atomic E-state index is 12.0. The molecule has 0 spiro atoms. The SMILES string of the molecule is CCOc1ccc(NC(=O)c2ccc(O)c(Cl)c2)cn1. The normalized spacial score (nSPS) is 10.1. The van der Waals surface area contributed by atoms with Crippen LogP contribution in [0.5, 0.6) is 11.6 Å². The van der Waals surface area contributed by atoms with Gasteiger partial charge in [0.05, 0.1) is 23.5 Å². The highest BCUT2D eigenvalue weighted by molar-refractivity contribution is 6.32. The fraction of sp³-hybridized carbons (Fsp3) is 0.143. The Hall–Kier alpha value is -2.27. The first-order valence-electron chi connectivity index (χ1n) is 5.99. The third kappa shape index (κ3) is 3.39. The highest BCUT2D eigenvalue weighted by Gasteiger charge is 2.09. The van der Waals surface area contributed by atoms with Crippen LogP contribution in [0.25, 0.3) is 0 Å². The van der Waals surface area contributed by atoms with Gasteiger partial charge < -0.3 is 15.2 Å². The number of anilines is 1. The molecular weight excluding hydrogens is 280 g/mol. The molecule has 1 amide bonds. The van der Waals surface area contributed by atoms with Crippen LogP contribution < -0.4 is 10.1 Å². The Morgan fingerprint density at radius 3 is 2.80 bits per heavy atom. The van der Waals surface area contributed by atoms with Gasteiger partial charge in [-0.2, -0.15) is 0 Å². The Morgan fingerprint density at radius 1 is 1.40 bits per heavy atom. The summed E-state index contributed by atoms with van der Waals surface area (Å²) >= 11 is 5.76. The molecule has 2 aromatic rings. The first kappa shape index (κ1) is 14.1. The maximum Gasteiger partial charge on any atom is 0.255 e. The molecule has 0 saturated heterocycles. The highest BCUT2D eigenvalue weighted by Crippen LogP contribution is 2.24. The van der Waals surface area contributed by atoms with E-state index < -0.39 is 0 Å². The summed E-state index contributed by atoms with van der Waals surface area (Å²) in [4.78, 5) is 16.0. The Bertz CT molecular complexity index is 614. The van der Waals surface area contributed by atoms with Crippen molar-refractivity contribution in [2.45, 2.75) is 6.92 Å². The lowest BCUT2D eigenvalue weighted by atomic mass is 10.2. The maximum absolute atomic E-state index is 12.0. The monoisotopic (exact) mass is 292 g/mol. The quantitative estimate of drug-likeness (QED) is 0.908. The summed E-state index contributed by atoms with van der Waals surface area (Å²) in [5, 5.41) is 12.1. The molecule has 0 unspecified atom stereocenters. The summed E-state index contributed by atoms with van der Waals surface area (Å²) < 4.78 is 5.21. The zero-order chi connectivity index (χ0) is 14.5. The molecule has 0 aliphatic heterocycles. The Morgan fingerprint density at radius 2 is 2.20 bits per heavy atom. The van der Waals surface area contributed by atoms with Crippen molar-refractivity contribution in [3.63, 3.8) is 0 Å². The van der Waals surface area contributed by atoms with Crippen molar-refractivity contribution in [1.82, 2.24) is 4.98 Å². The summed E-state index contributed by atoms with van der Waals surface area (Å²) in [5.74, 6) is 0.0991. The predicted octanol–water partition coefficient (Wildman–Crippen LogP) is 3.09. The molecule has 1 aromatic heterocycles. The number of nitrogens with zero attached hydrogens (tertiary/aromatic N) is 1. The van der Waals surface area contributed by atoms with Crippen molar-refractivity contribution in [2.24, 2.45) is 0 Å². The molecule has 0 saturated carbocycles. The number of aromatic nitrogens is 1. The van der Waals surface area contributed by atoms with Crippen LogP contribution in [0.3, 0.4) is 0 Å². The number of halogens is 1. The van der Waals surface area contributed by atoms with E-state index in [1.165, 1.54) is 24.4 Å². The van der Waals surface area contributed by atoms with Gasteiger partial charge in [0.15, 0.2) is 0 Å². The molecular formula is C14H13ClN2O3. The van der Waals surface area contributed by atoms with E-state index in [0.717, 1.165) is 0 Å². The molecule has 2 rings (SSSR count). The molecule has 104 valence electrons. The lowest BCUT2D eigenvalue weighted by Gasteiger charge is -2.07. The third-order valence-electron chi connectivity index (χ3n) is 2.50. The van der Waals surface area contributed by atoms with E-state index in [9.17, 15) is 9.90 Å². The molecule has 1 aromatic carbocycles. The van der Waals surface area contributed by atoms with E-state index in [-0.39, 0.29) is 16.7 Å². The van der Waals surface area contributed by atoms with Crippen molar-refractivity contribution in [3.05, 3.63) is 47.1 Å². The van der Waals surface area contributed by atoms with E-state index in [4.69, 9.17) is 16.3 Å². The zero-order valence-electron chi connectivity index (χ0n) is 10.8. The van der Waals surface area contributed by atoms with Crippen LogP contribution in [0, 0.1) is 0 Å². The average Bonchev–Trinajstić information content (AvgIpc) is 2.44. The van der Waals surface area contributed by atoms with Crippen LogP contribution in [0.4, 0.5) is 5.69 Å². The van der Waals surface area contributed by atoms with Crippen molar-refractivity contribution < 1.29 is 14.6 Å².